The summed E-state index contributed by atoms with van der Waals surface area (Å²) in [6.07, 6.45) is 5.51. The number of nitrogens with one attached hydrogen (secondary N) is 1. The second-order valence-electron chi connectivity index (χ2n) is 6.53. The van der Waals surface area contributed by atoms with Gasteiger partial charge in [0, 0.05) is 18.3 Å². The molecule has 0 heterocycles. The summed E-state index contributed by atoms with van der Waals surface area (Å²) < 4.78 is 5.17. The van der Waals surface area contributed by atoms with Crippen LogP contribution in [0.5, 0.6) is 5.75 Å². The molecule has 0 saturated heterocycles. The first kappa shape index (κ1) is 17.3. The lowest BCUT2D eigenvalue weighted by Crippen LogP contribution is -2.42. The first-order valence-electron chi connectivity index (χ1n) is 9.02. The summed E-state index contributed by atoms with van der Waals surface area (Å²) in [6.45, 7) is 0.747. The van der Waals surface area contributed by atoms with Gasteiger partial charge in [0.05, 0.1) is 7.11 Å². The maximum absolute atomic E-state index is 12.9. The van der Waals surface area contributed by atoms with Gasteiger partial charge in [-0.2, -0.15) is 0 Å². The van der Waals surface area contributed by atoms with E-state index in [0.29, 0.717) is 6.04 Å². The zero-order valence-electron chi connectivity index (χ0n) is 14.8. The Morgan fingerprint density at radius 3 is 2.40 bits per heavy atom. The number of methoxy groups -OCH3 is 1. The van der Waals surface area contributed by atoms with Crippen LogP contribution in [-0.2, 0) is 6.42 Å². The van der Waals surface area contributed by atoms with Gasteiger partial charge < -0.3 is 15.0 Å². The van der Waals surface area contributed by atoms with Gasteiger partial charge in [-0.25, -0.2) is 4.79 Å². The van der Waals surface area contributed by atoms with E-state index in [1.165, 1.54) is 18.4 Å². The van der Waals surface area contributed by atoms with E-state index in [1.54, 1.807) is 7.11 Å². The average molecular weight is 338 g/mol. The SMILES string of the molecule is COc1ccc(NC(=O)N(CCc2ccccc2)C2CCCC2)cc1. The standard InChI is InChI=1S/C21H26N2O2/c1-25-20-13-11-18(12-14-20)22-21(24)23(19-9-5-6-10-19)16-15-17-7-3-2-4-8-17/h2-4,7-8,11-14,19H,5-6,9-10,15-16H2,1H3,(H,22,24). The molecule has 3 rings (SSSR count). The Morgan fingerprint density at radius 2 is 1.76 bits per heavy atom. The van der Waals surface area contributed by atoms with Crippen molar-refractivity contribution in [3.05, 3.63) is 60.2 Å². The molecule has 0 radical (unpaired) electrons. The maximum Gasteiger partial charge on any atom is 0.322 e. The lowest BCUT2D eigenvalue weighted by Gasteiger charge is -2.29. The van der Waals surface area contributed by atoms with E-state index in [4.69, 9.17) is 4.74 Å². The molecule has 4 heteroatoms. The van der Waals surface area contributed by atoms with Crippen LogP contribution < -0.4 is 10.1 Å². The van der Waals surface area contributed by atoms with Gasteiger partial charge in [0.15, 0.2) is 0 Å². The Labute approximate surface area is 149 Å². The molecule has 1 aliphatic rings. The van der Waals surface area contributed by atoms with Crippen molar-refractivity contribution in [3.63, 3.8) is 0 Å². The molecule has 2 amide bonds. The number of nitrogens with zero attached hydrogens (tertiary/aromatic N) is 1. The van der Waals surface area contributed by atoms with Crippen LogP contribution in [0.4, 0.5) is 10.5 Å². The normalized spacial score (nSPS) is 14.3. The van der Waals surface area contributed by atoms with Crippen LogP contribution in [0.25, 0.3) is 0 Å². The molecule has 0 aromatic heterocycles. The molecule has 0 unspecified atom stereocenters. The van der Waals surface area contributed by atoms with Crippen LogP contribution in [0.3, 0.4) is 0 Å². The monoisotopic (exact) mass is 338 g/mol. The number of rotatable bonds is 6. The molecule has 0 aliphatic heterocycles. The first-order chi connectivity index (χ1) is 12.3. The Kier molecular flexibility index (Phi) is 5.94. The predicted molar refractivity (Wildman–Crippen MR) is 101 cm³/mol. The smallest absolute Gasteiger partial charge is 0.322 e. The Hall–Kier alpha value is -2.49. The van der Waals surface area contributed by atoms with E-state index in [9.17, 15) is 4.79 Å². The minimum Gasteiger partial charge on any atom is -0.497 e. The fourth-order valence-corrected chi connectivity index (χ4v) is 3.43. The molecule has 4 nitrogen and oxygen atoms in total. The van der Waals surface area contributed by atoms with E-state index in [1.807, 2.05) is 47.4 Å². The number of urea groups is 1. The lowest BCUT2D eigenvalue weighted by molar-refractivity contribution is 0.189. The summed E-state index contributed by atoms with van der Waals surface area (Å²) in [7, 11) is 1.64. The molecule has 25 heavy (non-hydrogen) atoms. The number of ether oxygens (including phenoxy) is 1. The van der Waals surface area contributed by atoms with Gasteiger partial charge in [0.25, 0.3) is 0 Å². The van der Waals surface area contributed by atoms with Crippen LogP contribution >= 0.6 is 0 Å². The van der Waals surface area contributed by atoms with Gasteiger partial charge >= 0.3 is 6.03 Å². The van der Waals surface area contributed by atoms with Crippen molar-refractivity contribution in [2.24, 2.45) is 0 Å². The molecule has 1 aliphatic carbocycles. The molecule has 1 saturated carbocycles. The van der Waals surface area contributed by atoms with E-state index in [0.717, 1.165) is 37.2 Å². The molecule has 0 spiro atoms. The highest BCUT2D eigenvalue weighted by Gasteiger charge is 2.26. The third kappa shape index (κ3) is 4.75. The molecule has 0 atom stereocenters. The number of benzene rings is 2. The number of carbonyl (C=O) groups is 1. The van der Waals surface area contributed by atoms with Gasteiger partial charge in [0.1, 0.15) is 5.75 Å². The molecular weight excluding hydrogens is 312 g/mol. The zero-order valence-corrected chi connectivity index (χ0v) is 14.8. The van der Waals surface area contributed by atoms with Crippen molar-refractivity contribution < 1.29 is 9.53 Å². The molecule has 1 N–H and O–H groups in total. The topological polar surface area (TPSA) is 41.6 Å². The average Bonchev–Trinajstić information content (AvgIpc) is 3.18. The van der Waals surface area contributed by atoms with Crippen LogP contribution in [0, 0.1) is 0 Å². The van der Waals surface area contributed by atoms with Crippen LogP contribution in [0.15, 0.2) is 54.6 Å². The number of hydrogen-bond acceptors (Lipinski definition) is 2. The van der Waals surface area contributed by atoms with Crippen LogP contribution in [0.1, 0.15) is 31.2 Å². The number of amides is 2. The second kappa shape index (κ2) is 8.56. The highest BCUT2D eigenvalue weighted by molar-refractivity contribution is 5.89. The fourth-order valence-electron chi connectivity index (χ4n) is 3.43. The van der Waals surface area contributed by atoms with Crippen molar-refractivity contribution in [3.8, 4) is 5.75 Å². The van der Waals surface area contributed by atoms with E-state index < -0.39 is 0 Å². The number of carbonyl (C=O) groups excluding carboxylic acids is 1. The highest BCUT2D eigenvalue weighted by Crippen LogP contribution is 2.25. The van der Waals surface area contributed by atoms with Crippen molar-refractivity contribution in [1.82, 2.24) is 4.90 Å². The van der Waals surface area contributed by atoms with Crippen molar-refractivity contribution >= 4 is 11.7 Å². The van der Waals surface area contributed by atoms with Crippen molar-refractivity contribution in [2.45, 2.75) is 38.1 Å². The minimum atomic E-state index is -0.00648. The fraction of sp³-hybridized carbons (Fsp3) is 0.381. The first-order valence-corrected chi connectivity index (χ1v) is 9.02. The minimum absolute atomic E-state index is 0.00648. The van der Waals surface area contributed by atoms with E-state index >= 15 is 0 Å². The molecular formula is C21H26N2O2. The molecule has 2 aromatic rings. The number of anilines is 1. The van der Waals surface area contributed by atoms with Crippen LogP contribution in [-0.4, -0.2) is 30.6 Å². The largest absolute Gasteiger partial charge is 0.497 e. The summed E-state index contributed by atoms with van der Waals surface area (Å²) in [5.41, 5.74) is 2.07. The molecule has 132 valence electrons. The third-order valence-electron chi connectivity index (χ3n) is 4.85. The summed E-state index contributed by atoms with van der Waals surface area (Å²) in [4.78, 5) is 14.9. The van der Waals surface area contributed by atoms with Crippen LogP contribution in [0.2, 0.25) is 0 Å². The van der Waals surface area contributed by atoms with Gasteiger partial charge in [-0.15, -0.1) is 0 Å². The van der Waals surface area contributed by atoms with Crippen molar-refractivity contribution in [2.75, 3.05) is 19.0 Å². The number of hydrogen-bond donors (Lipinski definition) is 1. The lowest BCUT2D eigenvalue weighted by atomic mass is 10.1. The third-order valence-corrected chi connectivity index (χ3v) is 4.85. The maximum atomic E-state index is 12.9. The van der Waals surface area contributed by atoms with Crippen molar-refractivity contribution in [1.29, 1.82) is 0 Å². The van der Waals surface area contributed by atoms with E-state index in [-0.39, 0.29) is 6.03 Å². The highest BCUT2D eigenvalue weighted by atomic mass is 16.5. The quantitative estimate of drug-likeness (QED) is 0.828. The second-order valence-corrected chi connectivity index (χ2v) is 6.53. The molecule has 0 bridgehead atoms. The van der Waals surface area contributed by atoms with Gasteiger partial charge in [-0.05, 0) is 49.1 Å². The zero-order chi connectivity index (χ0) is 17.5. The van der Waals surface area contributed by atoms with Gasteiger partial charge in [-0.3, -0.25) is 0 Å². The summed E-state index contributed by atoms with van der Waals surface area (Å²) >= 11 is 0. The summed E-state index contributed by atoms with van der Waals surface area (Å²) in [5, 5.41) is 3.04. The Bertz CT molecular complexity index is 664. The summed E-state index contributed by atoms with van der Waals surface area (Å²) in [5.74, 6) is 0.787. The van der Waals surface area contributed by atoms with Gasteiger partial charge in [0.2, 0.25) is 0 Å². The Morgan fingerprint density at radius 1 is 1.08 bits per heavy atom. The Balaban J connectivity index is 1.65. The van der Waals surface area contributed by atoms with Gasteiger partial charge in [-0.1, -0.05) is 43.2 Å². The summed E-state index contributed by atoms with van der Waals surface area (Å²) in [6, 6.07) is 18.2. The van der Waals surface area contributed by atoms with E-state index in [2.05, 4.69) is 17.4 Å². The predicted octanol–water partition coefficient (Wildman–Crippen LogP) is 4.71. The molecule has 1 fully saturated rings. The molecule has 2 aromatic carbocycles.